The van der Waals surface area contributed by atoms with Crippen molar-refractivity contribution in [1.29, 1.82) is 0 Å². The number of piperidine rings is 1. The summed E-state index contributed by atoms with van der Waals surface area (Å²) in [7, 11) is 0.246. The summed E-state index contributed by atoms with van der Waals surface area (Å²) in [4.78, 5) is 0. The maximum absolute atomic E-state index is 12.2. The van der Waals surface area contributed by atoms with Crippen LogP contribution in [-0.2, 0) is 10.2 Å². The Hall–Kier alpha value is -0.170. The van der Waals surface area contributed by atoms with Crippen molar-refractivity contribution >= 4 is 10.2 Å². The highest BCUT2D eigenvalue weighted by Gasteiger charge is 2.33. The Bertz CT molecular complexity index is 303. The van der Waals surface area contributed by atoms with E-state index in [4.69, 9.17) is 0 Å². The van der Waals surface area contributed by atoms with E-state index in [9.17, 15) is 8.42 Å². The molecule has 0 bridgehead atoms. The fraction of sp³-hybridized carbons (Fsp3) is 1.00. The minimum atomic E-state index is -3.26. The predicted octanol–water partition coefficient (Wildman–Crippen LogP) is 0.257. The van der Waals surface area contributed by atoms with Gasteiger partial charge in [-0.1, -0.05) is 13.3 Å². The topological polar surface area (TPSA) is 52.7 Å². The van der Waals surface area contributed by atoms with Gasteiger partial charge in [-0.25, -0.2) is 0 Å². The van der Waals surface area contributed by atoms with E-state index in [1.54, 1.807) is 11.4 Å². The zero-order valence-corrected chi connectivity index (χ0v) is 11.3. The minimum absolute atomic E-state index is 0.109. The largest absolute Gasteiger partial charge is 0.318 e. The van der Waals surface area contributed by atoms with Crippen LogP contribution in [-0.4, -0.2) is 56.8 Å². The van der Waals surface area contributed by atoms with Crippen molar-refractivity contribution in [3.8, 4) is 0 Å². The lowest BCUT2D eigenvalue weighted by Crippen LogP contribution is -2.52. The lowest BCUT2D eigenvalue weighted by molar-refractivity contribution is 0.234. The van der Waals surface area contributed by atoms with Crippen LogP contribution in [0.15, 0.2) is 0 Å². The van der Waals surface area contributed by atoms with E-state index >= 15 is 0 Å². The van der Waals surface area contributed by atoms with Crippen LogP contribution in [0.1, 0.15) is 26.2 Å². The molecule has 1 N–H and O–H groups in total. The first kappa shape index (κ1) is 13.9. The van der Waals surface area contributed by atoms with Crippen molar-refractivity contribution < 1.29 is 8.42 Å². The first-order valence-corrected chi connectivity index (χ1v) is 7.31. The van der Waals surface area contributed by atoms with Gasteiger partial charge in [0.2, 0.25) is 0 Å². The highest BCUT2D eigenvalue weighted by Crippen LogP contribution is 2.21. The average Bonchev–Trinajstić information content (AvgIpc) is 2.29. The van der Waals surface area contributed by atoms with Crippen LogP contribution in [0.2, 0.25) is 0 Å². The summed E-state index contributed by atoms with van der Waals surface area (Å²) in [6.45, 7) is 3.76. The zero-order chi connectivity index (χ0) is 12.2. The lowest BCUT2D eigenvalue weighted by atomic mass is 10.1. The van der Waals surface area contributed by atoms with Crippen LogP contribution >= 0.6 is 0 Å². The maximum Gasteiger partial charge on any atom is 0.282 e. The van der Waals surface area contributed by atoms with Gasteiger partial charge in [0.1, 0.15) is 0 Å². The molecule has 1 aliphatic heterocycles. The van der Waals surface area contributed by atoms with Crippen LogP contribution < -0.4 is 5.32 Å². The lowest BCUT2D eigenvalue weighted by Gasteiger charge is -2.36. The van der Waals surface area contributed by atoms with Gasteiger partial charge in [-0.2, -0.15) is 17.0 Å². The standard InChI is InChI=1S/C10H23N3O2S/c1-4-12(3)16(14,15)13-8-6-5-7-10(13)9-11-2/h10-11H,4-9H2,1-3H3. The molecule has 1 atom stereocenters. The Balaban J connectivity index is 2.82. The van der Waals surface area contributed by atoms with Gasteiger partial charge in [-0.3, -0.25) is 0 Å². The summed E-state index contributed by atoms with van der Waals surface area (Å²) in [6.07, 6.45) is 3.04. The molecule has 6 heteroatoms. The molecule has 0 radical (unpaired) electrons. The molecule has 96 valence electrons. The fourth-order valence-corrected chi connectivity index (χ4v) is 3.66. The van der Waals surface area contributed by atoms with Gasteiger partial charge in [0.25, 0.3) is 10.2 Å². The van der Waals surface area contributed by atoms with E-state index in [-0.39, 0.29) is 6.04 Å². The van der Waals surface area contributed by atoms with Gasteiger partial charge in [-0.15, -0.1) is 0 Å². The molecule has 0 aromatic carbocycles. The van der Waals surface area contributed by atoms with Crippen molar-refractivity contribution in [3.63, 3.8) is 0 Å². The zero-order valence-electron chi connectivity index (χ0n) is 10.4. The molecule has 1 heterocycles. The Morgan fingerprint density at radius 3 is 2.69 bits per heavy atom. The Labute approximate surface area is 99.0 Å². The second-order valence-electron chi connectivity index (χ2n) is 4.24. The molecule has 0 saturated carbocycles. The van der Waals surface area contributed by atoms with Gasteiger partial charge < -0.3 is 5.32 Å². The third-order valence-electron chi connectivity index (χ3n) is 3.15. The van der Waals surface area contributed by atoms with Crippen molar-refractivity contribution in [3.05, 3.63) is 0 Å². The number of nitrogens with zero attached hydrogens (tertiary/aromatic N) is 2. The highest BCUT2D eigenvalue weighted by atomic mass is 32.2. The Morgan fingerprint density at radius 2 is 2.12 bits per heavy atom. The van der Waals surface area contributed by atoms with Crippen molar-refractivity contribution in [2.45, 2.75) is 32.2 Å². The quantitative estimate of drug-likeness (QED) is 0.760. The van der Waals surface area contributed by atoms with Gasteiger partial charge in [-0.05, 0) is 19.9 Å². The molecule has 0 spiro atoms. The molecule has 0 aromatic rings. The van der Waals surface area contributed by atoms with Crippen LogP contribution in [0.5, 0.6) is 0 Å². The second kappa shape index (κ2) is 5.95. The first-order valence-electron chi connectivity index (χ1n) is 5.91. The normalized spacial score (nSPS) is 23.9. The minimum Gasteiger partial charge on any atom is -0.318 e. The van der Waals surface area contributed by atoms with E-state index in [0.29, 0.717) is 13.1 Å². The molecule has 16 heavy (non-hydrogen) atoms. The second-order valence-corrected chi connectivity index (χ2v) is 6.23. The van der Waals surface area contributed by atoms with Gasteiger partial charge >= 0.3 is 0 Å². The third kappa shape index (κ3) is 2.94. The number of hydrogen-bond donors (Lipinski definition) is 1. The van der Waals surface area contributed by atoms with Crippen molar-refractivity contribution in [1.82, 2.24) is 13.9 Å². The van der Waals surface area contributed by atoms with Gasteiger partial charge in [0.05, 0.1) is 0 Å². The number of hydrogen-bond acceptors (Lipinski definition) is 3. The maximum atomic E-state index is 12.2. The molecular formula is C10H23N3O2S. The van der Waals surface area contributed by atoms with Crippen LogP contribution in [0.3, 0.4) is 0 Å². The van der Waals surface area contributed by atoms with E-state index in [1.807, 2.05) is 14.0 Å². The Morgan fingerprint density at radius 1 is 1.44 bits per heavy atom. The highest BCUT2D eigenvalue weighted by molar-refractivity contribution is 7.86. The predicted molar refractivity (Wildman–Crippen MR) is 65.5 cm³/mol. The summed E-state index contributed by atoms with van der Waals surface area (Å²) in [5, 5.41) is 3.07. The summed E-state index contributed by atoms with van der Waals surface area (Å²) in [6, 6.07) is 0.109. The van der Waals surface area contributed by atoms with E-state index in [0.717, 1.165) is 25.8 Å². The smallest absolute Gasteiger partial charge is 0.282 e. The molecular weight excluding hydrogens is 226 g/mol. The van der Waals surface area contributed by atoms with E-state index in [1.165, 1.54) is 4.31 Å². The molecule has 1 rings (SSSR count). The molecule has 5 nitrogen and oxygen atoms in total. The number of rotatable bonds is 5. The molecule has 0 amide bonds. The van der Waals surface area contributed by atoms with Gasteiger partial charge in [0, 0.05) is 32.7 Å². The first-order chi connectivity index (χ1) is 7.54. The molecule has 0 aromatic heterocycles. The average molecular weight is 249 g/mol. The van der Waals surface area contributed by atoms with E-state index in [2.05, 4.69) is 5.32 Å². The van der Waals surface area contributed by atoms with Gasteiger partial charge in [0.15, 0.2) is 0 Å². The molecule has 1 fully saturated rings. The van der Waals surface area contributed by atoms with Crippen molar-refractivity contribution in [2.24, 2.45) is 0 Å². The Kier molecular flexibility index (Phi) is 5.17. The molecule has 1 unspecified atom stereocenters. The molecule has 0 aliphatic carbocycles. The molecule has 1 saturated heterocycles. The van der Waals surface area contributed by atoms with Crippen LogP contribution in [0.4, 0.5) is 0 Å². The molecule has 1 aliphatic rings. The van der Waals surface area contributed by atoms with Crippen LogP contribution in [0, 0.1) is 0 Å². The van der Waals surface area contributed by atoms with Crippen LogP contribution in [0.25, 0.3) is 0 Å². The SMILES string of the molecule is CCN(C)S(=O)(=O)N1CCCCC1CNC. The summed E-state index contributed by atoms with van der Waals surface area (Å²) in [5.74, 6) is 0. The van der Waals surface area contributed by atoms with E-state index < -0.39 is 10.2 Å². The number of likely N-dealkylation sites (N-methyl/N-ethyl adjacent to an activating group) is 1. The summed E-state index contributed by atoms with van der Waals surface area (Å²) in [5.41, 5.74) is 0. The number of nitrogens with one attached hydrogen (secondary N) is 1. The third-order valence-corrected chi connectivity index (χ3v) is 5.27. The fourth-order valence-electron chi connectivity index (χ4n) is 2.06. The summed E-state index contributed by atoms with van der Waals surface area (Å²) >= 11 is 0. The summed E-state index contributed by atoms with van der Waals surface area (Å²) < 4.78 is 27.5. The van der Waals surface area contributed by atoms with Crippen molar-refractivity contribution in [2.75, 3.05) is 33.7 Å². The monoisotopic (exact) mass is 249 g/mol.